The predicted molar refractivity (Wildman–Crippen MR) is 120 cm³/mol. The first kappa shape index (κ1) is 25.2. The second kappa shape index (κ2) is 10.7. The van der Waals surface area contributed by atoms with E-state index in [9.17, 15) is 24.6 Å². The summed E-state index contributed by atoms with van der Waals surface area (Å²) in [6, 6.07) is -0.376. The lowest BCUT2D eigenvalue weighted by Crippen LogP contribution is -2.63. The van der Waals surface area contributed by atoms with Crippen molar-refractivity contribution in [3.05, 3.63) is 32.1 Å². The maximum atomic E-state index is 12.9. The summed E-state index contributed by atoms with van der Waals surface area (Å²) in [6.45, 7) is 5.87. The molecule has 1 saturated heterocycles. The molecule has 3 rings (SSSR count). The highest BCUT2D eigenvalue weighted by Crippen LogP contribution is 2.51. The minimum Gasteiger partial charge on any atom is -0.431 e. The van der Waals surface area contributed by atoms with E-state index in [1.54, 1.807) is 37.8 Å². The Kier molecular flexibility index (Phi) is 8.16. The standard InChI is InChI=1S/C21H26N2O8S2/c1-10(2)31-21(28)30-9-29-20(27)17-18(32-6-5-14-13(7-24)22-8-33-14)11(3)16-15(12(4)25)19(26)23(16)17/h5-6,8,10-12,15-16,24-25H,7,9H2,1-4H3/t11-,12-,15-,16-/m1/s1. The van der Waals surface area contributed by atoms with Crippen LogP contribution in [0.15, 0.2) is 21.5 Å². The molecule has 1 amide bonds. The summed E-state index contributed by atoms with van der Waals surface area (Å²) in [4.78, 5) is 43.8. The molecular formula is C21H26N2O8S2. The average Bonchev–Trinajstić information content (AvgIpc) is 3.28. The molecule has 0 aromatic carbocycles. The van der Waals surface area contributed by atoms with Crippen LogP contribution in [0.5, 0.6) is 0 Å². The van der Waals surface area contributed by atoms with Gasteiger partial charge < -0.3 is 29.3 Å². The van der Waals surface area contributed by atoms with Crippen LogP contribution in [-0.2, 0) is 30.4 Å². The van der Waals surface area contributed by atoms with Gasteiger partial charge in [-0.15, -0.1) is 11.3 Å². The van der Waals surface area contributed by atoms with Gasteiger partial charge in [-0.3, -0.25) is 4.79 Å². The van der Waals surface area contributed by atoms with E-state index in [0.29, 0.717) is 10.6 Å². The number of hydrogen-bond acceptors (Lipinski definition) is 11. The molecule has 1 fully saturated rings. The Morgan fingerprint density at radius 1 is 1.33 bits per heavy atom. The Morgan fingerprint density at radius 3 is 2.70 bits per heavy atom. The second-order valence-corrected chi connectivity index (χ2v) is 9.65. The van der Waals surface area contributed by atoms with E-state index >= 15 is 0 Å². The quantitative estimate of drug-likeness (QED) is 0.297. The van der Waals surface area contributed by atoms with E-state index in [2.05, 4.69) is 4.98 Å². The Balaban J connectivity index is 1.78. The van der Waals surface area contributed by atoms with Crippen molar-refractivity contribution in [2.45, 2.75) is 52.6 Å². The summed E-state index contributed by atoms with van der Waals surface area (Å²) >= 11 is 2.61. The van der Waals surface area contributed by atoms with Gasteiger partial charge in [-0.05, 0) is 32.3 Å². The van der Waals surface area contributed by atoms with Gasteiger partial charge in [-0.1, -0.05) is 18.7 Å². The van der Waals surface area contributed by atoms with Crippen molar-refractivity contribution in [1.29, 1.82) is 0 Å². The zero-order valence-electron chi connectivity index (χ0n) is 18.6. The molecule has 2 N–H and O–H groups in total. The molecule has 0 bridgehead atoms. The fraction of sp³-hybridized carbons (Fsp3) is 0.524. The minimum atomic E-state index is -0.972. The van der Waals surface area contributed by atoms with Crippen LogP contribution in [0.25, 0.3) is 6.08 Å². The maximum absolute atomic E-state index is 12.9. The smallest absolute Gasteiger partial charge is 0.431 e. The van der Waals surface area contributed by atoms with Gasteiger partial charge in [0.1, 0.15) is 5.70 Å². The highest BCUT2D eigenvalue weighted by Gasteiger charge is 2.60. The summed E-state index contributed by atoms with van der Waals surface area (Å²) < 4.78 is 14.7. The van der Waals surface area contributed by atoms with Crippen molar-refractivity contribution in [3.63, 3.8) is 0 Å². The number of aromatic nitrogens is 1. The monoisotopic (exact) mass is 498 g/mol. The molecule has 2 aliphatic rings. The van der Waals surface area contributed by atoms with Crippen LogP contribution >= 0.6 is 23.1 Å². The molecule has 4 atom stereocenters. The zero-order valence-corrected chi connectivity index (χ0v) is 20.2. The Bertz CT molecular complexity index is 971. The van der Waals surface area contributed by atoms with Crippen molar-refractivity contribution in [1.82, 2.24) is 9.88 Å². The first-order valence-corrected chi connectivity index (χ1v) is 12.1. The molecule has 10 nitrogen and oxygen atoms in total. The lowest BCUT2D eigenvalue weighted by atomic mass is 9.79. The topological polar surface area (TPSA) is 135 Å². The molecule has 0 aliphatic carbocycles. The van der Waals surface area contributed by atoms with Crippen LogP contribution in [0, 0.1) is 11.8 Å². The van der Waals surface area contributed by atoms with Crippen LogP contribution < -0.4 is 0 Å². The molecule has 2 aliphatic heterocycles. The van der Waals surface area contributed by atoms with Crippen LogP contribution in [-0.4, -0.2) is 63.2 Å². The number of β-lactam (4-membered cyclic amide) rings is 1. The number of esters is 1. The summed E-state index contributed by atoms with van der Waals surface area (Å²) in [7, 11) is 0. The molecule has 33 heavy (non-hydrogen) atoms. The van der Waals surface area contributed by atoms with E-state index in [0.717, 1.165) is 4.88 Å². The van der Waals surface area contributed by atoms with Crippen molar-refractivity contribution in [2.24, 2.45) is 11.8 Å². The van der Waals surface area contributed by atoms with Gasteiger partial charge in [0.25, 0.3) is 0 Å². The lowest BCUT2D eigenvalue weighted by Gasteiger charge is -2.46. The first-order valence-electron chi connectivity index (χ1n) is 10.3. The number of rotatable bonds is 9. The van der Waals surface area contributed by atoms with Crippen molar-refractivity contribution in [3.8, 4) is 0 Å². The van der Waals surface area contributed by atoms with Gasteiger partial charge in [-0.25, -0.2) is 14.6 Å². The lowest BCUT2D eigenvalue weighted by molar-refractivity contribution is -0.166. The molecular weight excluding hydrogens is 472 g/mol. The first-order chi connectivity index (χ1) is 15.7. The van der Waals surface area contributed by atoms with Gasteiger partial charge in [-0.2, -0.15) is 0 Å². The molecule has 1 aromatic heterocycles. The number of carbonyl (C=O) groups is 3. The fourth-order valence-electron chi connectivity index (χ4n) is 3.80. The maximum Gasteiger partial charge on any atom is 0.511 e. The van der Waals surface area contributed by atoms with E-state index in [1.807, 2.05) is 6.92 Å². The van der Waals surface area contributed by atoms with Crippen molar-refractivity contribution < 1.29 is 38.8 Å². The molecule has 0 spiro atoms. The Hall–Kier alpha value is -2.41. The van der Waals surface area contributed by atoms with Gasteiger partial charge >= 0.3 is 12.1 Å². The minimum absolute atomic E-state index is 0.0663. The van der Waals surface area contributed by atoms with Crippen molar-refractivity contribution >= 4 is 47.2 Å². The molecule has 3 heterocycles. The zero-order chi connectivity index (χ0) is 24.3. The SMILES string of the molecule is CC(C)OC(=O)OCOC(=O)C1=C(SC=Cc2scnc2CO)[C@H](C)[C@@H]2[C@@H]([C@@H](C)O)C(=O)N12. The number of hydrogen-bond donors (Lipinski definition) is 2. The van der Waals surface area contributed by atoms with Crippen LogP contribution in [0.2, 0.25) is 0 Å². The highest BCUT2D eigenvalue weighted by atomic mass is 32.2. The third kappa shape index (κ3) is 5.24. The van der Waals surface area contributed by atoms with Gasteiger partial charge in [0, 0.05) is 10.8 Å². The van der Waals surface area contributed by atoms with E-state index in [4.69, 9.17) is 14.2 Å². The Labute approximate surface area is 199 Å². The van der Waals surface area contributed by atoms with Gasteiger partial charge in [0.05, 0.1) is 46.9 Å². The molecule has 180 valence electrons. The summed E-state index contributed by atoms with van der Waals surface area (Å²) in [6.07, 6.45) is -0.453. The second-order valence-electron chi connectivity index (χ2n) is 7.82. The summed E-state index contributed by atoms with van der Waals surface area (Å²) in [5.41, 5.74) is 2.23. The average molecular weight is 499 g/mol. The van der Waals surface area contributed by atoms with Crippen LogP contribution in [0.3, 0.4) is 0 Å². The number of nitrogens with zero attached hydrogens (tertiary/aromatic N) is 2. The number of aliphatic hydroxyl groups excluding tert-OH is 2. The molecule has 0 saturated carbocycles. The van der Waals surface area contributed by atoms with Gasteiger partial charge in [0.2, 0.25) is 12.7 Å². The number of thioether (sulfide) groups is 1. The van der Waals surface area contributed by atoms with E-state index in [-0.39, 0.29) is 36.3 Å². The Morgan fingerprint density at radius 2 is 2.06 bits per heavy atom. The number of thiazole rings is 1. The summed E-state index contributed by atoms with van der Waals surface area (Å²) in [5.74, 6) is -2.03. The van der Waals surface area contributed by atoms with Crippen LogP contribution in [0.1, 0.15) is 38.3 Å². The third-order valence-corrected chi connectivity index (χ3v) is 7.17. The number of fused-ring (bicyclic) bond motifs is 1. The molecule has 0 radical (unpaired) electrons. The number of ether oxygens (including phenoxy) is 3. The van der Waals surface area contributed by atoms with E-state index < -0.39 is 30.9 Å². The largest absolute Gasteiger partial charge is 0.511 e. The molecule has 0 unspecified atom stereocenters. The normalized spacial score (nSPS) is 23.1. The number of aliphatic hydroxyl groups is 2. The van der Waals surface area contributed by atoms with Gasteiger partial charge in [0.15, 0.2) is 0 Å². The molecule has 1 aromatic rings. The van der Waals surface area contributed by atoms with E-state index in [1.165, 1.54) is 28.0 Å². The fourth-order valence-corrected chi connectivity index (χ4v) is 5.57. The summed E-state index contributed by atoms with van der Waals surface area (Å²) in [5, 5.41) is 21.1. The highest BCUT2D eigenvalue weighted by molar-refractivity contribution is 8.06. The predicted octanol–water partition coefficient (Wildman–Crippen LogP) is 2.47. The third-order valence-electron chi connectivity index (χ3n) is 5.24. The molecule has 12 heteroatoms. The number of amides is 1. The number of carbonyl (C=O) groups excluding carboxylic acids is 3. The van der Waals surface area contributed by atoms with Crippen LogP contribution in [0.4, 0.5) is 4.79 Å². The van der Waals surface area contributed by atoms with Crippen molar-refractivity contribution in [2.75, 3.05) is 6.79 Å².